The first-order chi connectivity index (χ1) is 8.07. The average Bonchev–Trinajstić information content (AvgIpc) is 2.35. The number of methoxy groups -OCH3 is 1. The molecule has 96 valence electrons. The van der Waals surface area contributed by atoms with Gasteiger partial charge in [-0.3, -0.25) is 0 Å². The van der Waals surface area contributed by atoms with Crippen LogP contribution in [0.2, 0.25) is 0 Å². The fraction of sp³-hybridized carbons (Fsp3) is 0.600. The van der Waals surface area contributed by atoms with Crippen LogP contribution in [0.4, 0.5) is 0 Å². The summed E-state index contributed by atoms with van der Waals surface area (Å²) in [4.78, 5) is 0. The summed E-state index contributed by atoms with van der Waals surface area (Å²) < 4.78 is 5.38. The molecule has 1 rings (SSSR count). The van der Waals surface area contributed by atoms with E-state index in [0.717, 1.165) is 25.9 Å². The zero-order chi connectivity index (χ0) is 12.7. The van der Waals surface area contributed by atoms with Crippen LogP contribution in [-0.4, -0.2) is 19.3 Å². The minimum Gasteiger partial charge on any atom is -0.379 e. The molecule has 0 saturated heterocycles. The van der Waals surface area contributed by atoms with Gasteiger partial charge in [0.15, 0.2) is 0 Å². The van der Waals surface area contributed by atoms with Crippen LogP contribution in [0.15, 0.2) is 24.3 Å². The van der Waals surface area contributed by atoms with E-state index < -0.39 is 0 Å². The van der Waals surface area contributed by atoms with E-state index >= 15 is 0 Å². The highest BCUT2D eigenvalue weighted by Gasteiger charge is 2.14. The monoisotopic (exact) mass is 235 g/mol. The fourth-order valence-electron chi connectivity index (χ4n) is 1.62. The van der Waals surface area contributed by atoms with Crippen molar-refractivity contribution in [1.82, 2.24) is 5.32 Å². The summed E-state index contributed by atoms with van der Waals surface area (Å²) in [6.07, 6.45) is 2.13. The molecule has 0 heterocycles. The Bertz CT molecular complexity index is 316. The number of aryl methyl sites for hydroxylation is 1. The molecule has 17 heavy (non-hydrogen) atoms. The lowest BCUT2D eigenvalue weighted by Crippen LogP contribution is -2.28. The number of hydrogen-bond acceptors (Lipinski definition) is 2. The SMILES string of the molecule is CCc1ccc(CNCCC(C)(C)OC)cc1. The Morgan fingerprint density at radius 1 is 1.12 bits per heavy atom. The molecule has 0 bridgehead atoms. The van der Waals surface area contributed by atoms with Crippen molar-refractivity contribution >= 4 is 0 Å². The maximum Gasteiger partial charge on any atom is 0.0634 e. The molecule has 0 saturated carbocycles. The fourth-order valence-corrected chi connectivity index (χ4v) is 1.62. The molecule has 1 aromatic carbocycles. The van der Waals surface area contributed by atoms with Crippen molar-refractivity contribution in [3.05, 3.63) is 35.4 Å². The topological polar surface area (TPSA) is 21.3 Å². The number of benzene rings is 1. The predicted molar refractivity (Wildman–Crippen MR) is 73.2 cm³/mol. The minimum absolute atomic E-state index is 0.0287. The van der Waals surface area contributed by atoms with E-state index in [4.69, 9.17) is 4.74 Å². The Balaban J connectivity index is 2.26. The Labute approximate surface area is 105 Å². The summed E-state index contributed by atoms with van der Waals surface area (Å²) in [5.41, 5.74) is 2.71. The van der Waals surface area contributed by atoms with E-state index in [-0.39, 0.29) is 5.60 Å². The number of hydrogen-bond donors (Lipinski definition) is 1. The highest BCUT2D eigenvalue weighted by molar-refractivity contribution is 5.22. The van der Waals surface area contributed by atoms with Gasteiger partial charge in [0.25, 0.3) is 0 Å². The van der Waals surface area contributed by atoms with Crippen LogP contribution < -0.4 is 5.32 Å². The maximum absolute atomic E-state index is 5.38. The highest BCUT2D eigenvalue weighted by Crippen LogP contribution is 2.11. The molecule has 0 aliphatic rings. The van der Waals surface area contributed by atoms with Crippen LogP contribution >= 0.6 is 0 Å². The van der Waals surface area contributed by atoms with Crippen molar-refractivity contribution in [2.24, 2.45) is 0 Å². The lowest BCUT2D eigenvalue weighted by molar-refractivity contribution is 0.0158. The summed E-state index contributed by atoms with van der Waals surface area (Å²) in [6.45, 7) is 8.33. The molecular formula is C15H25NO. The molecule has 0 aromatic heterocycles. The van der Waals surface area contributed by atoms with E-state index in [9.17, 15) is 0 Å². The summed E-state index contributed by atoms with van der Waals surface area (Å²) in [6, 6.07) is 8.81. The molecule has 0 radical (unpaired) electrons. The molecule has 0 atom stereocenters. The zero-order valence-corrected chi connectivity index (χ0v) is 11.5. The van der Waals surface area contributed by atoms with E-state index in [1.165, 1.54) is 11.1 Å². The highest BCUT2D eigenvalue weighted by atomic mass is 16.5. The van der Waals surface area contributed by atoms with Gasteiger partial charge in [0.1, 0.15) is 0 Å². The molecule has 0 aliphatic carbocycles. The number of rotatable bonds is 7. The molecular weight excluding hydrogens is 210 g/mol. The third kappa shape index (κ3) is 5.33. The quantitative estimate of drug-likeness (QED) is 0.733. The molecule has 0 aliphatic heterocycles. The molecule has 0 spiro atoms. The standard InChI is InChI=1S/C15H25NO/c1-5-13-6-8-14(9-7-13)12-16-11-10-15(2,3)17-4/h6-9,16H,5,10-12H2,1-4H3. The summed E-state index contributed by atoms with van der Waals surface area (Å²) in [5, 5.41) is 3.45. The van der Waals surface area contributed by atoms with Crippen molar-refractivity contribution in [3.63, 3.8) is 0 Å². The van der Waals surface area contributed by atoms with Crippen molar-refractivity contribution in [2.75, 3.05) is 13.7 Å². The van der Waals surface area contributed by atoms with Crippen LogP contribution in [0.1, 0.15) is 38.3 Å². The molecule has 2 nitrogen and oxygen atoms in total. The van der Waals surface area contributed by atoms with Crippen molar-refractivity contribution < 1.29 is 4.74 Å². The Hall–Kier alpha value is -0.860. The Morgan fingerprint density at radius 2 is 1.71 bits per heavy atom. The minimum atomic E-state index is -0.0287. The van der Waals surface area contributed by atoms with E-state index in [2.05, 4.69) is 50.4 Å². The maximum atomic E-state index is 5.38. The van der Waals surface area contributed by atoms with Crippen LogP contribution in [0.3, 0.4) is 0 Å². The van der Waals surface area contributed by atoms with Crippen molar-refractivity contribution in [1.29, 1.82) is 0 Å². The molecule has 0 amide bonds. The van der Waals surface area contributed by atoms with Gasteiger partial charge in [-0.25, -0.2) is 0 Å². The number of ether oxygens (including phenoxy) is 1. The summed E-state index contributed by atoms with van der Waals surface area (Å²) >= 11 is 0. The van der Waals surface area contributed by atoms with Crippen molar-refractivity contribution in [3.8, 4) is 0 Å². The molecule has 1 aromatic rings. The second-order valence-corrected chi connectivity index (χ2v) is 5.06. The molecule has 1 N–H and O–H groups in total. The van der Waals surface area contributed by atoms with Gasteiger partial charge < -0.3 is 10.1 Å². The van der Waals surface area contributed by atoms with E-state index in [0.29, 0.717) is 0 Å². The first kappa shape index (κ1) is 14.2. The second-order valence-electron chi connectivity index (χ2n) is 5.06. The van der Waals surface area contributed by atoms with Gasteiger partial charge >= 0.3 is 0 Å². The molecule has 2 heteroatoms. The normalized spacial score (nSPS) is 11.8. The molecule has 0 fully saturated rings. The molecule has 0 unspecified atom stereocenters. The summed E-state index contributed by atoms with van der Waals surface area (Å²) in [7, 11) is 1.77. The predicted octanol–water partition coefficient (Wildman–Crippen LogP) is 3.15. The van der Waals surface area contributed by atoms with Gasteiger partial charge in [0, 0.05) is 13.7 Å². The van der Waals surface area contributed by atoms with Gasteiger partial charge in [0.2, 0.25) is 0 Å². The zero-order valence-electron chi connectivity index (χ0n) is 11.5. The Morgan fingerprint density at radius 3 is 2.24 bits per heavy atom. The average molecular weight is 235 g/mol. The van der Waals surface area contributed by atoms with Crippen LogP contribution in [-0.2, 0) is 17.7 Å². The third-order valence-electron chi connectivity index (χ3n) is 3.22. The second kappa shape index (κ2) is 6.77. The van der Waals surface area contributed by atoms with Gasteiger partial charge in [0.05, 0.1) is 5.60 Å². The lowest BCUT2D eigenvalue weighted by Gasteiger charge is -2.22. The smallest absolute Gasteiger partial charge is 0.0634 e. The van der Waals surface area contributed by atoms with Gasteiger partial charge in [-0.1, -0.05) is 31.2 Å². The van der Waals surface area contributed by atoms with E-state index in [1.807, 2.05) is 0 Å². The van der Waals surface area contributed by atoms with Gasteiger partial charge in [-0.2, -0.15) is 0 Å². The van der Waals surface area contributed by atoms with Gasteiger partial charge in [-0.05, 0) is 44.4 Å². The van der Waals surface area contributed by atoms with Crippen LogP contribution in [0.25, 0.3) is 0 Å². The van der Waals surface area contributed by atoms with Crippen LogP contribution in [0.5, 0.6) is 0 Å². The number of nitrogens with one attached hydrogen (secondary N) is 1. The van der Waals surface area contributed by atoms with Crippen molar-refractivity contribution in [2.45, 2.75) is 45.8 Å². The van der Waals surface area contributed by atoms with Crippen LogP contribution in [0, 0.1) is 0 Å². The first-order valence-electron chi connectivity index (χ1n) is 6.41. The largest absolute Gasteiger partial charge is 0.379 e. The first-order valence-corrected chi connectivity index (χ1v) is 6.41. The van der Waals surface area contributed by atoms with Gasteiger partial charge in [-0.15, -0.1) is 0 Å². The van der Waals surface area contributed by atoms with E-state index in [1.54, 1.807) is 7.11 Å². The lowest BCUT2D eigenvalue weighted by atomic mass is 10.1. The Kier molecular flexibility index (Phi) is 5.66. The summed E-state index contributed by atoms with van der Waals surface area (Å²) in [5.74, 6) is 0. The third-order valence-corrected chi connectivity index (χ3v) is 3.22.